The van der Waals surface area contributed by atoms with Crippen LogP contribution in [0, 0.1) is 6.92 Å². The van der Waals surface area contributed by atoms with E-state index in [1.54, 1.807) is 36.4 Å². The molecular weight excluding hydrogens is 340 g/mol. The predicted molar refractivity (Wildman–Crippen MR) is 102 cm³/mol. The Hall–Kier alpha value is -3.73. The van der Waals surface area contributed by atoms with Gasteiger partial charge in [-0.3, -0.25) is 19.5 Å². The highest BCUT2D eigenvalue weighted by Crippen LogP contribution is 2.31. The van der Waals surface area contributed by atoms with E-state index in [1.165, 1.54) is 4.68 Å². The Morgan fingerprint density at radius 2 is 1.41 bits per heavy atom. The molecule has 0 bridgehead atoms. The van der Waals surface area contributed by atoms with E-state index in [0.29, 0.717) is 33.3 Å². The molecule has 0 unspecified atom stereocenters. The van der Waals surface area contributed by atoms with Crippen molar-refractivity contribution in [2.45, 2.75) is 6.92 Å². The summed E-state index contributed by atoms with van der Waals surface area (Å²) in [6.45, 7) is 1.97. The molecule has 1 aliphatic rings. The third-order valence-corrected chi connectivity index (χ3v) is 5.04. The SMILES string of the molecule is Cc1ccc(-n2[nH]c3c4c(ccc3c2=O)C(=O)c2ccccc2C4=O)cc1. The lowest BCUT2D eigenvalue weighted by Crippen LogP contribution is -2.21. The van der Waals surface area contributed by atoms with Crippen LogP contribution in [0.4, 0.5) is 0 Å². The number of carbonyl (C=O) groups is 2. The maximum Gasteiger partial charge on any atom is 0.279 e. The van der Waals surface area contributed by atoms with Gasteiger partial charge in [-0.25, -0.2) is 4.68 Å². The zero-order chi connectivity index (χ0) is 18.7. The van der Waals surface area contributed by atoms with Gasteiger partial charge in [0.2, 0.25) is 0 Å². The molecule has 1 aromatic heterocycles. The first kappa shape index (κ1) is 15.5. The largest absolute Gasteiger partial charge is 0.290 e. The van der Waals surface area contributed by atoms with Crippen molar-refractivity contribution < 1.29 is 9.59 Å². The topological polar surface area (TPSA) is 71.9 Å². The molecule has 0 saturated heterocycles. The third kappa shape index (κ3) is 2.08. The zero-order valence-electron chi connectivity index (χ0n) is 14.4. The molecule has 0 atom stereocenters. The van der Waals surface area contributed by atoms with Gasteiger partial charge in [0.1, 0.15) is 0 Å². The van der Waals surface area contributed by atoms with Crippen LogP contribution in [0.5, 0.6) is 0 Å². The molecule has 1 aliphatic carbocycles. The van der Waals surface area contributed by atoms with Crippen LogP contribution >= 0.6 is 0 Å². The Labute approximate surface area is 153 Å². The molecule has 0 amide bonds. The lowest BCUT2D eigenvalue weighted by Gasteiger charge is -2.17. The van der Waals surface area contributed by atoms with Crippen molar-refractivity contribution in [3.05, 3.63) is 98.8 Å². The third-order valence-electron chi connectivity index (χ3n) is 5.04. The zero-order valence-corrected chi connectivity index (χ0v) is 14.4. The molecule has 0 radical (unpaired) electrons. The quantitative estimate of drug-likeness (QED) is 0.501. The summed E-state index contributed by atoms with van der Waals surface area (Å²) in [4.78, 5) is 38.8. The van der Waals surface area contributed by atoms with Crippen LogP contribution in [0.2, 0.25) is 0 Å². The number of hydrogen-bond donors (Lipinski definition) is 1. The van der Waals surface area contributed by atoms with Crippen LogP contribution in [-0.4, -0.2) is 21.3 Å². The number of nitrogens with one attached hydrogen (secondary N) is 1. The Kier molecular flexibility index (Phi) is 3.09. The van der Waals surface area contributed by atoms with Crippen molar-refractivity contribution in [1.82, 2.24) is 9.78 Å². The molecule has 0 spiro atoms. The summed E-state index contributed by atoms with van der Waals surface area (Å²) in [6, 6.07) is 17.4. The fourth-order valence-electron chi connectivity index (χ4n) is 3.64. The highest BCUT2D eigenvalue weighted by atomic mass is 16.1. The van der Waals surface area contributed by atoms with Crippen LogP contribution in [0.3, 0.4) is 0 Å². The molecular formula is C22H14N2O3. The number of hydrogen-bond acceptors (Lipinski definition) is 3. The van der Waals surface area contributed by atoms with E-state index in [2.05, 4.69) is 5.10 Å². The van der Waals surface area contributed by atoms with Gasteiger partial charge >= 0.3 is 0 Å². The summed E-state index contributed by atoms with van der Waals surface area (Å²) in [6.07, 6.45) is 0. The molecule has 0 aliphatic heterocycles. The average Bonchev–Trinajstić information content (AvgIpc) is 3.03. The summed E-state index contributed by atoms with van der Waals surface area (Å²) in [7, 11) is 0. The standard InChI is InChI=1S/C22H14N2O3/c1-12-6-8-13(9-7-12)24-22(27)17-11-10-16-18(19(17)23-24)21(26)15-5-3-2-4-14(15)20(16)25/h2-11,23H,1H3. The second-order valence-corrected chi connectivity index (χ2v) is 6.70. The first-order chi connectivity index (χ1) is 13.1. The van der Waals surface area contributed by atoms with Crippen molar-refractivity contribution in [3.8, 4) is 5.69 Å². The van der Waals surface area contributed by atoms with Gasteiger partial charge in [-0.2, -0.15) is 0 Å². The van der Waals surface area contributed by atoms with E-state index in [-0.39, 0.29) is 22.7 Å². The number of aromatic nitrogens is 2. The van der Waals surface area contributed by atoms with E-state index in [0.717, 1.165) is 5.56 Å². The molecule has 5 nitrogen and oxygen atoms in total. The molecule has 1 N–H and O–H groups in total. The van der Waals surface area contributed by atoms with Gasteiger partial charge in [-0.05, 0) is 31.2 Å². The molecule has 3 aromatic carbocycles. The Balaban J connectivity index is 1.81. The van der Waals surface area contributed by atoms with Crippen LogP contribution in [0.25, 0.3) is 16.6 Å². The number of aryl methyl sites for hydroxylation is 1. The summed E-state index contributed by atoms with van der Waals surface area (Å²) in [5.74, 6) is -0.450. The molecule has 1 heterocycles. The highest BCUT2D eigenvalue weighted by Gasteiger charge is 2.32. The van der Waals surface area contributed by atoms with E-state index in [1.807, 2.05) is 31.2 Å². The number of ketones is 2. The number of benzene rings is 3. The normalized spacial score (nSPS) is 12.9. The molecule has 130 valence electrons. The minimum atomic E-state index is -0.254. The van der Waals surface area contributed by atoms with Crippen molar-refractivity contribution in [3.63, 3.8) is 0 Å². The number of aromatic amines is 1. The second-order valence-electron chi connectivity index (χ2n) is 6.70. The molecule has 5 heteroatoms. The van der Waals surface area contributed by atoms with E-state index in [9.17, 15) is 14.4 Å². The Morgan fingerprint density at radius 1 is 0.741 bits per heavy atom. The lowest BCUT2D eigenvalue weighted by atomic mass is 9.83. The summed E-state index contributed by atoms with van der Waals surface area (Å²) >= 11 is 0. The minimum absolute atomic E-state index is 0.203. The van der Waals surface area contributed by atoms with Gasteiger partial charge < -0.3 is 0 Å². The first-order valence-corrected chi connectivity index (χ1v) is 8.59. The van der Waals surface area contributed by atoms with Gasteiger partial charge in [-0.1, -0.05) is 42.0 Å². The van der Waals surface area contributed by atoms with Crippen molar-refractivity contribution in [2.24, 2.45) is 0 Å². The van der Waals surface area contributed by atoms with Gasteiger partial charge in [0.05, 0.1) is 22.2 Å². The van der Waals surface area contributed by atoms with Gasteiger partial charge in [0.25, 0.3) is 5.56 Å². The van der Waals surface area contributed by atoms with E-state index < -0.39 is 0 Å². The number of carbonyl (C=O) groups excluding carboxylic acids is 2. The number of rotatable bonds is 1. The van der Waals surface area contributed by atoms with Gasteiger partial charge in [-0.15, -0.1) is 0 Å². The van der Waals surface area contributed by atoms with Crippen LogP contribution in [0.15, 0.2) is 65.5 Å². The first-order valence-electron chi connectivity index (χ1n) is 8.59. The van der Waals surface area contributed by atoms with Gasteiger partial charge in [0.15, 0.2) is 11.6 Å². The number of nitrogens with zero attached hydrogens (tertiary/aromatic N) is 1. The molecule has 0 saturated carbocycles. The van der Waals surface area contributed by atoms with Crippen molar-refractivity contribution in [1.29, 1.82) is 0 Å². The van der Waals surface area contributed by atoms with Gasteiger partial charge in [0, 0.05) is 16.7 Å². The molecule has 5 rings (SSSR count). The number of H-pyrrole nitrogens is 1. The van der Waals surface area contributed by atoms with E-state index in [4.69, 9.17) is 0 Å². The maximum atomic E-state index is 13.1. The van der Waals surface area contributed by atoms with Crippen molar-refractivity contribution in [2.75, 3.05) is 0 Å². The monoisotopic (exact) mass is 354 g/mol. The minimum Gasteiger partial charge on any atom is -0.290 e. The molecule has 0 fully saturated rings. The fourth-order valence-corrected chi connectivity index (χ4v) is 3.64. The maximum absolute atomic E-state index is 13.1. The molecule has 4 aromatic rings. The van der Waals surface area contributed by atoms with Crippen LogP contribution in [0.1, 0.15) is 37.4 Å². The summed E-state index contributed by atoms with van der Waals surface area (Å²) in [5, 5.41) is 3.42. The summed E-state index contributed by atoms with van der Waals surface area (Å²) in [5.41, 5.74) is 3.24. The smallest absolute Gasteiger partial charge is 0.279 e. The summed E-state index contributed by atoms with van der Waals surface area (Å²) < 4.78 is 1.41. The Morgan fingerprint density at radius 3 is 2.11 bits per heavy atom. The van der Waals surface area contributed by atoms with Crippen LogP contribution < -0.4 is 5.56 Å². The predicted octanol–water partition coefficient (Wildman–Crippen LogP) is 3.40. The van der Waals surface area contributed by atoms with Crippen molar-refractivity contribution >= 4 is 22.5 Å². The average molecular weight is 354 g/mol. The second kappa shape index (κ2) is 5.38. The van der Waals surface area contributed by atoms with E-state index >= 15 is 0 Å². The fraction of sp³-hybridized carbons (Fsp3) is 0.0455. The number of fused-ring (bicyclic) bond motifs is 4. The molecule has 27 heavy (non-hydrogen) atoms. The van der Waals surface area contributed by atoms with Crippen LogP contribution in [-0.2, 0) is 0 Å². The highest BCUT2D eigenvalue weighted by molar-refractivity contribution is 6.31. The Bertz CT molecular complexity index is 1320. The lowest BCUT2D eigenvalue weighted by molar-refractivity contribution is 0.0980.